The van der Waals surface area contributed by atoms with Crippen molar-refractivity contribution in [2.75, 3.05) is 26.9 Å². The molecule has 21 heavy (non-hydrogen) atoms. The number of carbonyl (C=O) groups excluding carboxylic acids is 1. The van der Waals surface area contributed by atoms with Gasteiger partial charge in [0.05, 0.1) is 6.61 Å². The largest absolute Gasteiger partial charge is 0.380 e. The Balaban J connectivity index is 2.36. The van der Waals surface area contributed by atoms with Crippen LogP contribution in [0.3, 0.4) is 0 Å². The molecular weight excluding hydrogens is 266 g/mol. The Morgan fingerprint density at radius 1 is 1.29 bits per heavy atom. The lowest BCUT2D eigenvalue weighted by Crippen LogP contribution is -2.75. The second-order valence-corrected chi connectivity index (χ2v) is 5.65. The molecule has 0 aromatic heterocycles. The fourth-order valence-corrected chi connectivity index (χ4v) is 3.42. The Bertz CT molecular complexity index is 474. The van der Waals surface area contributed by atoms with Crippen molar-refractivity contribution < 1.29 is 14.3 Å². The first-order valence-corrected chi connectivity index (χ1v) is 7.58. The quantitative estimate of drug-likeness (QED) is 0.572. The minimum Gasteiger partial charge on any atom is -0.380 e. The highest BCUT2D eigenvalue weighted by Gasteiger charge is 2.62. The number of β-lactam (4-membered cyclic amide) rings is 1. The van der Waals surface area contributed by atoms with Gasteiger partial charge in [-0.3, -0.25) is 4.79 Å². The fraction of sp³-hybridized carbons (Fsp3) is 0.588. The molecule has 0 radical (unpaired) electrons. The monoisotopic (exact) mass is 291 g/mol. The van der Waals surface area contributed by atoms with Crippen molar-refractivity contribution in [2.45, 2.75) is 32.4 Å². The Morgan fingerprint density at radius 2 is 1.95 bits per heavy atom. The van der Waals surface area contributed by atoms with Crippen LogP contribution in [0.2, 0.25) is 0 Å². The maximum Gasteiger partial charge on any atom is 0.255 e. The number of hydrogen-bond acceptors (Lipinski definition) is 3. The molecule has 1 aliphatic heterocycles. The second kappa shape index (κ2) is 6.58. The van der Waals surface area contributed by atoms with Crippen LogP contribution in [0.25, 0.3) is 0 Å². The van der Waals surface area contributed by atoms with E-state index in [1.54, 1.807) is 7.11 Å². The summed E-state index contributed by atoms with van der Waals surface area (Å²) in [6, 6.07) is 10.2. The second-order valence-electron chi connectivity index (χ2n) is 5.65. The molecule has 1 heterocycles. The zero-order valence-corrected chi connectivity index (χ0v) is 13.3. The number of nitrogens with zero attached hydrogens (tertiary/aromatic N) is 1. The van der Waals surface area contributed by atoms with Crippen molar-refractivity contribution in [3.8, 4) is 0 Å². The number of amides is 1. The molecule has 0 N–H and O–H groups in total. The number of hydrogen-bond donors (Lipinski definition) is 0. The van der Waals surface area contributed by atoms with Crippen LogP contribution in [0, 0.1) is 5.92 Å². The average Bonchev–Trinajstić information content (AvgIpc) is 2.49. The summed E-state index contributed by atoms with van der Waals surface area (Å²) in [6.07, 6.45) is -0.415. The maximum absolute atomic E-state index is 12.4. The summed E-state index contributed by atoms with van der Waals surface area (Å²) in [5.74, 6) is 0.305. The highest BCUT2D eigenvalue weighted by atomic mass is 16.5. The predicted molar refractivity (Wildman–Crippen MR) is 82.0 cm³/mol. The number of likely N-dealkylation sites (tertiary alicyclic amines) is 1. The highest BCUT2D eigenvalue weighted by molar-refractivity contribution is 5.91. The van der Waals surface area contributed by atoms with Crippen LogP contribution in [-0.2, 0) is 19.8 Å². The van der Waals surface area contributed by atoms with Crippen LogP contribution in [0.1, 0.15) is 26.3 Å². The normalized spacial score (nSPS) is 25.3. The van der Waals surface area contributed by atoms with Gasteiger partial charge in [0, 0.05) is 20.3 Å². The van der Waals surface area contributed by atoms with Gasteiger partial charge in [-0.15, -0.1) is 0 Å². The summed E-state index contributed by atoms with van der Waals surface area (Å²) in [7, 11) is 1.61. The first-order valence-electron chi connectivity index (χ1n) is 7.58. The molecule has 1 fully saturated rings. The third-order valence-electron chi connectivity index (χ3n) is 4.35. The van der Waals surface area contributed by atoms with E-state index in [4.69, 9.17) is 9.47 Å². The topological polar surface area (TPSA) is 38.8 Å². The molecule has 2 rings (SSSR count). The molecule has 2 unspecified atom stereocenters. The van der Waals surface area contributed by atoms with E-state index in [0.717, 1.165) is 5.56 Å². The van der Waals surface area contributed by atoms with Crippen molar-refractivity contribution in [1.82, 2.24) is 4.90 Å². The molecule has 0 spiro atoms. The summed E-state index contributed by atoms with van der Waals surface area (Å²) >= 11 is 0. The lowest BCUT2D eigenvalue weighted by molar-refractivity contribution is -0.204. The molecule has 4 nitrogen and oxygen atoms in total. The van der Waals surface area contributed by atoms with Crippen molar-refractivity contribution in [2.24, 2.45) is 5.92 Å². The van der Waals surface area contributed by atoms with E-state index < -0.39 is 11.6 Å². The average molecular weight is 291 g/mol. The third kappa shape index (κ3) is 2.47. The summed E-state index contributed by atoms with van der Waals surface area (Å²) in [5.41, 5.74) is 0.729. The fourth-order valence-electron chi connectivity index (χ4n) is 3.42. The highest BCUT2D eigenvalue weighted by Crippen LogP contribution is 2.48. The van der Waals surface area contributed by atoms with E-state index in [2.05, 4.69) is 26.0 Å². The van der Waals surface area contributed by atoms with E-state index in [1.807, 2.05) is 30.0 Å². The molecule has 0 aliphatic carbocycles. The van der Waals surface area contributed by atoms with Gasteiger partial charge in [-0.05, 0) is 18.4 Å². The first-order chi connectivity index (χ1) is 10.1. The SMILES string of the molecule is CCOCCN1C(=O)C(OC)C1(c1ccccc1)C(C)C. The van der Waals surface area contributed by atoms with Gasteiger partial charge >= 0.3 is 0 Å². The molecule has 2 atom stereocenters. The molecule has 1 amide bonds. The Hall–Kier alpha value is -1.39. The minimum atomic E-state index is -0.415. The van der Waals surface area contributed by atoms with Crippen molar-refractivity contribution in [3.05, 3.63) is 35.9 Å². The van der Waals surface area contributed by atoms with Crippen LogP contribution in [0.4, 0.5) is 0 Å². The van der Waals surface area contributed by atoms with E-state index in [0.29, 0.717) is 19.8 Å². The third-order valence-corrected chi connectivity index (χ3v) is 4.35. The van der Waals surface area contributed by atoms with Gasteiger partial charge in [0.25, 0.3) is 5.91 Å². The molecular formula is C17H25NO3. The van der Waals surface area contributed by atoms with Crippen LogP contribution in [0.15, 0.2) is 30.3 Å². The standard InChI is InChI=1S/C17H25NO3/c1-5-21-12-11-18-16(19)15(20-4)17(18,13(2)3)14-9-7-6-8-10-14/h6-10,13,15H,5,11-12H2,1-4H3. The van der Waals surface area contributed by atoms with Gasteiger partial charge in [-0.1, -0.05) is 44.2 Å². The van der Waals surface area contributed by atoms with Gasteiger partial charge < -0.3 is 14.4 Å². The van der Waals surface area contributed by atoms with Gasteiger partial charge in [0.15, 0.2) is 6.10 Å². The lowest BCUT2D eigenvalue weighted by atomic mass is 9.67. The summed E-state index contributed by atoms with van der Waals surface area (Å²) in [4.78, 5) is 14.3. The molecule has 1 saturated heterocycles. The number of rotatable bonds is 7. The molecule has 0 saturated carbocycles. The summed E-state index contributed by atoms with van der Waals surface area (Å²) in [6.45, 7) is 8.05. The van der Waals surface area contributed by atoms with Crippen LogP contribution >= 0.6 is 0 Å². The Kier molecular flexibility index (Phi) is 5.01. The maximum atomic E-state index is 12.4. The number of ether oxygens (including phenoxy) is 2. The summed E-state index contributed by atoms with van der Waals surface area (Å²) in [5, 5.41) is 0. The van der Waals surface area contributed by atoms with Crippen LogP contribution < -0.4 is 0 Å². The van der Waals surface area contributed by atoms with Gasteiger partial charge in [-0.25, -0.2) is 0 Å². The van der Waals surface area contributed by atoms with Crippen molar-refractivity contribution in [1.29, 1.82) is 0 Å². The van der Waals surface area contributed by atoms with Crippen LogP contribution in [0.5, 0.6) is 0 Å². The molecule has 0 bridgehead atoms. The van der Waals surface area contributed by atoms with Crippen molar-refractivity contribution >= 4 is 5.91 Å². The Morgan fingerprint density at radius 3 is 2.48 bits per heavy atom. The molecule has 116 valence electrons. The van der Waals surface area contributed by atoms with Gasteiger partial charge in [0.1, 0.15) is 5.54 Å². The summed E-state index contributed by atoms with van der Waals surface area (Å²) < 4.78 is 11.0. The number of benzene rings is 1. The van der Waals surface area contributed by atoms with Gasteiger partial charge in [-0.2, -0.15) is 0 Å². The number of methoxy groups -OCH3 is 1. The molecule has 1 aromatic rings. The van der Waals surface area contributed by atoms with Crippen molar-refractivity contribution in [3.63, 3.8) is 0 Å². The number of carbonyl (C=O) groups is 1. The predicted octanol–water partition coefficient (Wildman–Crippen LogP) is 2.43. The zero-order chi connectivity index (χ0) is 15.5. The molecule has 1 aliphatic rings. The zero-order valence-electron chi connectivity index (χ0n) is 13.3. The van der Waals surface area contributed by atoms with E-state index in [1.165, 1.54) is 0 Å². The van der Waals surface area contributed by atoms with E-state index >= 15 is 0 Å². The smallest absolute Gasteiger partial charge is 0.255 e. The van der Waals surface area contributed by atoms with E-state index in [-0.39, 0.29) is 11.8 Å². The lowest BCUT2D eigenvalue weighted by Gasteiger charge is -2.59. The first kappa shape index (κ1) is 16.0. The Labute approximate surface area is 127 Å². The van der Waals surface area contributed by atoms with Crippen LogP contribution in [-0.4, -0.2) is 43.8 Å². The van der Waals surface area contributed by atoms with Gasteiger partial charge in [0.2, 0.25) is 0 Å². The molecule has 1 aromatic carbocycles. The minimum absolute atomic E-state index is 0.0507. The van der Waals surface area contributed by atoms with E-state index in [9.17, 15) is 4.79 Å². The molecule has 4 heteroatoms.